The van der Waals surface area contributed by atoms with Crippen molar-refractivity contribution in [1.29, 1.82) is 0 Å². The van der Waals surface area contributed by atoms with Crippen LogP contribution in [0, 0.1) is 0 Å². The molecule has 22 heavy (non-hydrogen) atoms. The molecule has 0 radical (unpaired) electrons. The molecule has 3 rings (SSSR count). The Hall–Kier alpha value is -1.36. The average Bonchev–Trinajstić information content (AvgIpc) is 2.99. The van der Waals surface area contributed by atoms with Crippen LogP contribution in [0.15, 0.2) is 4.52 Å². The predicted octanol–water partition coefficient (Wildman–Crippen LogP) is 2.97. The highest BCUT2D eigenvalue weighted by Gasteiger charge is 2.29. The van der Waals surface area contributed by atoms with Gasteiger partial charge in [0.05, 0.1) is 6.10 Å². The Kier molecular flexibility index (Phi) is 5.13. The molecule has 1 aliphatic heterocycles. The molecule has 1 amide bonds. The lowest BCUT2D eigenvalue weighted by molar-refractivity contribution is -0.00405. The maximum absolute atomic E-state index is 12.9. The van der Waals surface area contributed by atoms with Gasteiger partial charge >= 0.3 is 0 Å². The number of ether oxygens (including phenoxy) is 1. The SMILES string of the molecule is CCCN(C[C@H]1CCCCO1)C(=O)c1noc2c1CCCC2. The van der Waals surface area contributed by atoms with E-state index in [0.717, 1.165) is 69.4 Å². The van der Waals surface area contributed by atoms with Gasteiger partial charge in [0.25, 0.3) is 5.91 Å². The van der Waals surface area contributed by atoms with Crippen LogP contribution in [0.2, 0.25) is 0 Å². The number of nitrogens with zero attached hydrogens (tertiary/aromatic N) is 2. The lowest BCUT2D eigenvalue weighted by Gasteiger charge is -2.29. The standard InChI is InChI=1S/C17H26N2O3/c1-2-10-19(12-13-7-5-6-11-21-13)17(20)16-14-8-3-4-9-15(14)22-18-16/h13H,2-12H2,1H3/t13-/m1/s1. The minimum Gasteiger partial charge on any atom is -0.376 e. The van der Waals surface area contributed by atoms with Gasteiger partial charge in [-0.15, -0.1) is 0 Å². The van der Waals surface area contributed by atoms with Crippen LogP contribution in [0.4, 0.5) is 0 Å². The fraction of sp³-hybridized carbons (Fsp3) is 0.765. The number of rotatable bonds is 5. The number of carbonyl (C=O) groups is 1. The van der Waals surface area contributed by atoms with E-state index in [4.69, 9.17) is 9.26 Å². The maximum Gasteiger partial charge on any atom is 0.276 e. The van der Waals surface area contributed by atoms with Crippen molar-refractivity contribution in [2.75, 3.05) is 19.7 Å². The van der Waals surface area contributed by atoms with Crippen LogP contribution >= 0.6 is 0 Å². The van der Waals surface area contributed by atoms with E-state index in [9.17, 15) is 4.79 Å². The molecule has 0 N–H and O–H groups in total. The molecular weight excluding hydrogens is 280 g/mol. The number of carbonyl (C=O) groups excluding carboxylic acids is 1. The average molecular weight is 306 g/mol. The van der Waals surface area contributed by atoms with Gasteiger partial charge in [-0.3, -0.25) is 4.79 Å². The van der Waals surface area contributed by atoms with E-state index in [1.807, 2.05) is 4.90 Å². The summed E-state index contributed by atoms with van der Waals surface area (Å²) < 4.78 is 11.2. The van der Waals surface area contributed by atoms with Crippen molar-refractivity contribution in [3.8, 4) is 0 Å². The molecule has 1 aliphatic carbocycles. The molecule has 0 aromatic carbocycles. The zero-order chi connectivity index (χ0) is 15.4. The highest BCUT2D eigenvalue weighted by atomic mass is 16.5. The van der Waals surface area contributed by atoms with Crippen LogP contribution in [0.5, 0.6) is 0 Å². The summed E-state index contributed by atoms with van der Waals surface area (Å²) in [4.78, 5) is 14.8. The lowest BCUT2D eigenvalue weighted by atomic mass is 9.96. The van der Waals surface area contributed by atoms with E-state index in [1.54, 1.807) is 0 Å². The van der Waals surface area contributed by atoms with Crippen molar-refractivity contribution in [2.24, 2.45) is 0 Å². The van der Waals surface area contributed by atoms with Crippen molar-refractivity contribution in [1.82, 2.24) is 10.1 Å². The summed E-state index contributed by atoms with van der Waals surface area (Å²) in [7, 11) is 0. The van der Waals surface area contributed by atoms with E-state index in [-0.39, 0.29) is 12.0 Å². The van der Waals surface area contributed by atoms with Gasteiger partial charge in [-0.1, -0.05) is 12.1 Å². The van der Waals surface area contributed by atoms with Crippen molar-refractivity contribution < 1.29 is 14.1 Å². The number of fused-ring (bicyclic) bond motifs is 1. The van der Waals surface area contributed by atoms with Crippen LogP contribution < -0.4 is 0 Å². The number of aryl methyl sites for hydroxylation is 1. The molecule has 0 bridgehead atoms. The lowest BCUT2D eigenvalue weighted by Crippen LogP contribution is -2.40. The second-order valence-electron chi connectivity index (χ2n) is 6.38. The van der Waals surface area contributed by atoms with Crippen LogP contribution in [0.25, 0.3) is 0 Å². The first-order valence-corrected chi connectivity index (χ1v) is 8.68. The van der Waals surface area contributed by atoms with Gasteiger partial charge in [0.2, 0.25) is 0 Å². The van der Waals surface area contributed by atoms with Crippen molar-refractivity contribution in [3.63, 3.8) is 0 Å². The molecule has 5 nitrogen and oxygen atoms in total. The molecule has 2 aliphatic rings. The van der Waals surface area contributed by atoms with Gasteiger partial charge in [-0.05, 0) is 44.9 Å². The zero-order valence-corrected chi connectivity index (χ0v) is 13.5. The summed E-state index contributed by atoms with van der Waals surface area (Å²) in [6.07, 6.45) is 8.57. The minimum atomic E-state index is 0.0166. The summed E-state index contributed by atoms with van der Waals surface area (Å²) in [6.45, 7) is 4.34. The molecule has 1 aromatic rings. The van der Waals surface area contributed by atoms with Gasteiger partial charge in [0.1, 0.15) is 5.76 Å². The number of hydrogen-bond donors (Lipinski definition) is 0. The Balaban J connectivity index is 1.72. The first-order chi connectivity index (χ1) is 10.8. The fourth-order valence-corrected chi connectivity index (χ4v) is 3.45. The summed E-state index contributed by atoms with van der Waals surface area (Å²) >= 11 is 0. The predicted molar refractivity (Wildman–Crippen MR) is 82.9 cm³/mol. The first-order valence-electron chi connectivity index (χ1n) is 8.68. The van der Waals surface area contributed by atoms with Crippen LogP contribution in [0.1, 0.15) is 67.3 Å². The second kappa shape index (κ2) is 7.27. The molecule has 1 fully saturated rings. The van der Waals surface area contributed by atoms with E-state index < -0.39 is 0 Å². The third kappa shape index (κ3) is 3.35. The highest BCUT2D eigenvalue weighted by molar-refractivity contribution is 5.94. The van der Waals surface area contributed by atoms with E-state index in [2.05, 4.69) is 12.1 Å². The van der Waals surface area contributed by atoms with Gasteiger partial charge in [0, 0.05) is 31.7 Å². The molecular formula is C17H26N2O3. The smallest absolute Gasteiger partial charge is 0.276 e. The van der Waals surface area contributed by atoms with Gasteiger partial charge < -0.3 is 14.2 Å². The molecule has 2 heterocycles. The van der Waals surface area contributed by atoms with E-state index in [0.29, 0.717) is 12.2 Å². The highest BCUT2D eigenvalue weighted by Crippen LogP contribution is 2.25. The Morgan fingerprint density at radius 2 is 2.14 bits per heavy atom. The largest absolute Gasteiger partial charge is 0.376 e. The summed E-state index contributed by atoms with van der Waals surface area (Å²) in [5.74, 6) is 0.933. The number of hydrogen-bond acceptors (Lipinski definition) is 4. The fourth-order valence-electron chi connectivity index (χ4n) is 3.45. The Morgan fingerprint density at radius 3 is 2.91 bits per heavy atom. The zero-order valence-electron chi connectivity index (χ0n) is 13.5. The van der Waals surface area contributed by atoms with Gasteiger partial charge in [-0.2, -0.15) is 0 Å². The van der Waals surface area contributed by atoms with Crippen molar-refractivity contribution in [2.45, 2.75) is 64.4 Å². The molecule has 5 heteroatoms. The maximum atomic E-state index is 12.9. The topological polar surface area (TPSA) is 55.6 Å². The normalized spacial score (nSPS) is 21.4. The Labute approximate surface area is 132 Å². The molecule has 0 spiro atoms. The van der Waals surface area contributed by atoms with E-state index >= 15 is 0 Å². The van der Waals surface area contributed by atoms with Crippen LogP contribution in [-0.2, 0) is 17.6 Å². The molecule has 0 saturated carbocycles. The molecule has 1 saturated heterocycles. The van der Waals surface area contributed by atoms with Crippen LogP contribution in [-0.4, -0.2) is 41.8 Å². The Bertz CT molecular complexity index is 506. The summed E-state index contributed by atoms with van der Waals surface area (Å²) in [5.41, 5.74) is 1.58. The second-order valence-corrected chi connectivity index (χ2v) is 6.38. The van der Waals surface area contributed by atoms with Crippen LogP contribution in [0.3, 0.4) is 0 Å². The first kappa shape index (κ1) is 15.5. The third-order valence-electron chi connectivity index (χ3n) is 4.63. The van der Waals surface area contributed by atoms with Gasteiger partial charge in [-0.25, -0.2) is 0 Å². The van der Waals surface area contributed by atoms with Crippen molar-refractivity contribution in [3.05, 3.63) is 17.0 Å². The molecule has 1 aromatic heterocycles. The van der Waals surface area contributed by atoms with Gasteiger partial charge in [0.15, 0.2) is 5.69 Å². The molecule has 1 atom stereocenters. The molecule has 122 valence electrons. The van der Waals surface area contributed by atoms with Crippen molar-refractivity contribution >= 4 is 5.91 Å². The monoisotopic (exact) mass is 306 g/mol. The minimum absolute atomic E-state index is 0.0166. The third-order valence-corrected chi connectivity index (χ3v) is 4.63. The molecule has 0 unspecified atom stereocenters. The van der Waals surface area contributed by atoms with E-state index in [1.165, 1.54) is 6.42 Å². The number of amides is 1. The quantitative estimate of drug-likeness (QED) is 0.839. The summed E-state index contributed by atoms with van der Waals surface area (Å²) in [5, 5.41) is 4.09. The number of aromatic nitrogens is 1. The Morgan fingerprint density at radius 1 is 1.27 bits per heavy atom. The summed E-state index contributed by atoms with van der Waals surface area (Å²) in [6, 6.07) is 0.